The summed E-state index contributed by atoms with van der Waals surface area (Å²) in [5.41, 5.74) is 1.31. The zero-order valence-electron chi connectivity index (χ0n) is 9.71. The molecule has 1 N–H and O–H groups in total. The molecular weight excluding hydrogens is 489 g/mol. The molecule has 0 amide bonds. The van der Waals surface area contributed by atoms with E-state index < -0.39 is 0 Å². The third-order valence-corrected chi connectivity index (χ3v) is 6.53. The van der Waals surface area contributed by atoms with Crippen LogP contribution in [0.4, 0.5) is 0 Å². The first-order valence-corrected chi connectivity index (χ1v) is 9.03. The highest BCUT2D eigenvalue weighted by atomic mass is 127. The van der Waals surface area contributed by atoms with Crippen LogP contribution in [-0.4, -0.2) is 6.54 Å². The predicted molar refractivity (Wildman–Crippen MR) is 94.4 cm³/mol. The quantitative estimate of drug-likeness (QED) is 0.541. The van der Waals surface area contributed by atoms with Crippen molar-refractivity contribution in [2.24, 2.45) is 0 Å². The van der Waals surface area contributed by atoms with E-state index in [1.54, 1.807) is 11.3 Å². The number of halogens is 3. The molecule has 1 aromatic carbocycles. The van der Waals surface area contributed by atoms with Gasteiger partial charge in [-0.1, -0.05) is 19.1 Å². The van der Waals surface area contributed by atoms with Crippen LogP contribution in [0.15, 0.2) is 38.6 Å². The maximum absolute atomic E-state index is 3.56. The van der Waals surface area contributed by atoms with E-state index in [1.165, 1.54) is 14.0 Å². The normalized spacial score (nSPS) is 12.7. The minimum atomic E-state index is 0.261. The number of benzene rings is 1. The van der Waals surface area contributed by atoms with Crippen LogP contribution in [0.3, 0.4) is 0 Å². The van der Waals surface area contributed by atoms with Crippen molar-refractivity contribution in [3.05, 3.63) is 52.6 Å². The molecule has 18 heavy (non-hydrogen) atoms. The van der Waals surface area contributed by atoms with E-state index in [9.17, 15) is 0 Å². The topological polar surface area (TPSA) is 12.0 Å². The first-order valence-electron chi connectivity index (χ1n) is 5.55. The zero-order valence-corrected chi connectivity index (χ0v) is 15.9. The summed E-state index contributed by atoms with van der Waals surface area (Å²) in [6.45, 7) is 3.09. The largest absolute Gasteiger partial charge is 0.306 e. The van der Waals surface area contributed by atoms with Crippen LogP contribution in [0, 0.1) is 3.57 Å². The maximum atomic E-state index is 3.56. The van der Waals surface area contributed by atoms with E-state index in [0.717, 1.165) is 14.8 Å². The van der Waals surface area contributed by atoms with E-state index >= 15 is 0 Å². The molecule has 0 radical (unpaired) electrons. The van der Waals surface area contributed by atoms with Gasteiger partial charge < -0.3 is 5.32 Å². The molecule has 1 aromatic heterocycles. The van der Waals surface area contributed by atoms with Gasteiger partial charge in [-0.15, -0.1) is 11.3 Å². The van der Waals surface area contributed by atoms with Gasteiger partial charge in [-0.05, 0) is 84.8 Å². The Morgan fingerprint density at radius 2 is 2.11 bits per heavy atom. The lowest BCUT2D eigenvalue weighted by Crippen LogP contribution is -2.21. The average molecular weight is 501 g/mol. The Morgan fingerprint density at radius 1 is 1.33 bits per heavy atom. The summed E-state index contributed by atoms with van der Waals surface area (Å²) >= 11 is 11.2. The summed E-state index contributed by atoms with van der Waals surface area (Å²) in [5, 5.41) is 3.55. The van der Waals surface area contributed by atoms with Crippen LogP contribution >= 0.6 is 65.8 Å². The van der Waals surface area contributed by atoms with E-state index in [-0.39, 0.29) is 6.04 Å². The Hall–Kier alpha value is 0.570. The standard InChI is InChI=1S/C13H12Br2INS/c1-2-17-12(8-4-3-5-9(16)6-8)11-7-10(14)13(15)18-11/h3-7,12,17H,2H2,1H3. The third-order valence-electron chi connectivity index (χ3n) is 2.54. The van der Waals surface area contributed by atoms with Crippen molar-refractivity contribution in [3.63, 3.8) is 0 Å². The minimum absolute atomic E-state index is 0.261. The Balaban J connectivity index is 2.39. The second-order valence-corrected chi connectivity index (χ2v) is 8.32. The van der Waals surface area contributed by atoms with E-state index in [4.69, 9.17) is 0 Å². The molecule has 0 saturated heterocycles. The van der Waals surface area contributed by atoms with Crippen LogP contribution in [0.2, 0.25) is 0 Å². The van der Waals surface area contributed by atoms with Gasteiger partial charge >= 0.3 is 0 Å². The summed E-state index contributed by atoms with van der Waals surface area (Å²) in [6.07, 6.45) is 0. The fourth-order valence-corrected chi connectivity index (χ4v) is 4.54. The van der Waals surface area contributed by atoms with Crippen molar-refractivity contribution in [1.29, 1.82) is 0 Å². The van der Waals surface area contributed by atoms with Crippen molar-refractivity contribution in [3.8, 4) is 0 Å². The van der Waals surface area contributed by atoms with Gasteiger partial charge in [-0.3, -0.25) is 0 Å². The van der Waals surface area contributed by atoms with Gasteiger partial charge in [-0.25, -0.2) is 0 Å². The Bertz CT molecular complexity index is 522. The van der Waals surface area contributed by atoms with Crippen LogP contribution < -0.4 is 5.32 Å². The Labute approximate surface area is 142 Å². The lowest BCUT2D eigenvalue weighted by Gasteiger charge is -2.17. The van der Waals surface area contributed by atoms with Crippen LogP contribution in [0.1, 0.15) is 23.4 Å². The van der Waals surface area contributed by atoms with E-state index in [0.29, 0.717) is 0 Å². The van der Waals surface area contributed by atoms with Crippen LogP contribution in [0.5, 0.6) is 0 Å². The third kappa shape index (κ3) is 3.56. The molecule has 2 rings (SSSR count). The number of nitrogens with one attached hydrogen (secondary N) is 1. The zero-order chi connectivity index (χ0) is 13.1. The molecule has 0 aliphatic rings. The summed E-state index contributed by atoms with van der Waals surface area (Å²) < 4.78 is 3.53. The average Bonchev–Trinajstić information content (AvgIpc) is 2.66. The fraction of sp³-hybridized carbons (Fsp3) is 0.231. The first kappa shape index (κ1) is 15.0. The molecule has 1 heterocycles. The molecule has 2 aromatic rings. The fourth-order valence-electron chi connectivity index (χ4n) is 1.78. The highest BCUT2D eigenvalue weighted by molar-refractivity contribution is 14.1. The molecule has 0 bridgehead atoms. The van der Waals surface area contributed by atoms with Gasteiger partial charge in [0.25, 0.3) is 0 Å². The molecule has 0 spiro atoms. The number of hydrogen-bond acceptors (Lipinski definition) is 2. The van der Waals surface area contributed by atoms with E-state index in [1.807, 2.05) is 0 Å². The summed E-state index contributed by atoms with van der Waals surface area (Å²) in [7, 11) is 0. The lowest BCUT2D eigenvalue weighted by molar-refractivity contribution is 0.639. The highest BCUT2D eigenvalue weighted by Gasteiger charge is 2.17. The van der Waals surface area contributed by atoms with Gasteiger partial charge in [0.05, 0.1) is 9.83 Å². The van der Waals surface area contributed by atoms with Crippen molar-refractivity contribution in [1.82, 2.24) is 5.32 Å². The van der Waals surface area contributed by atoms with Crippen molar-refractivity contribution in [2.45, 2.75) is 13.0 Å². The number of rotatable bonds is 4. The SMILES string of the molecule is CCNC(c1cccc(I)c1)c1cc(Br)c(Br)s1. The lowest BCUT2D eigenvalue weighted by atomic mass is 10.1. The monoisotopic (exact) mass is 499 g/mol. The smallest absolute Gasteiger partial charge is 0.0843 e. The number of thiophene rings is 1. The number of hydrogen-bond donors (Lipinski definition) is 1. The van der Waals surface area contributed by atoms with Gasteiger partial charge in [0.15, 0.2) is 0 Å². The van der Waals surface area contributed by atoms with Gasteiger partial charge in [0.2, 0.25) is 0 Å². The second kappa shape index (κ2) is 6.83. The predicted octanol–water partition coefficient (Wildman–Crippen LogP) is 5.58. The van der Waals surface area contributed by atoms with E-state index in [2.05, 4.69) is 97.0 Å². The van der Waals surface area contributed by atoms with Crippen LogP contribution in [0.25, 0.3) is 0 Å². The highest BCUT2D eigenvalue weighted by Crippen LogP contribution is 2.37. The first-order chi connectivity index (χ1) is 8.61. The van der Waals surface area contributed by atoms with Crippen molar-refractivity contribution in [2.75, 3.05) is 6.54 Å². The van der Waals surface area contributed by atoms with Crippen LogP contribution in [-0.2, 0) is 0 Å². The summed E-state index contributed by atoms with van der Waals surface area (Å²) in [6, 6.07) is 11.1. The Kier molecular flexibility index (Phi) is 5.68. The molecule has 1 unspecified atom stereocenters. The molecule has 1 nitrogen and oxygen atoms in total. The molecule has 0 aliphatic heterocycles. The molecule has 0 aliphatic carbocycles. The molecule has 5 heteroatoms. The van der Waals surface area contributed by atoms with Crippen molar-refractivity contribution >= 4 is 65.8 Å². The molecule has 1 atom stereocenters. The molecular formula is C13H12Br2INS. The minimum Gasteiger partial charge on any atom is -0.306 e. The maximum Gasteiger partial charge on any atom is 0.0843 e. The van der Waals surface area contributed by atoms with Gasteiger partial charge in [-0.2, -0.15) is 0 Å². The second-order valence-electron chi connectivity index (χ2n) is 3.82. The Morgan fingerprint density at radius 3 is 2.67 bits per heavy atom. The van der Waals surface area contributed by atoms with Gasteiger partial charge in [0.1, 0.15) is 0 Å². The molecule has 0 fully saturated rings. The molecule has 0 saturated carbocycles. The summed E-state index contributed by atoms with van der Waals surface area (Å²) in [4.78, 5) is 1.32. The summed E-state index contributed by atoms with van der Waals surface area (Å²) in [5.74, 6) is 0. The van der Waals surface area contributed by atoms with Crippen molar-refractivity contribution < 1.29 is 0 Å². The molecule has 96 valence electrons. The van der Waals surface area contributed by atoms with Gasteiger partial charge in [0, 0.05) is 12.9 Å².